The van der Waals surface area contributed by atoms with Crippen molar-refractivity contribution in [3.63, 3.8) is 0 Å². The molecule has 0 aliphatic rings. The first-order valence-corrected chi connectivity index (χ1v) is 8.90. The summed E-state index contributed by atoms with van der Waals surface area (Å²) in [5.74, 6) is -1.09. The van der Waals surface area contributed by atoms with E-state index in [1.54, 1.807) is 12.1 Å². The lowest BCUT2D eigenvalue weighted by atomic mass is 10.2. The normalized spacial score (nSPS) is 11.6. The average Bonchev–Trinajstić information content (AvgIpc) is 3.11. The predicted octanol–water partition coefficient (Wildman–Crippen LogP) is 3.99. The van der Waals surface area contributed by atoms with Crippen LogP contribution in [0.2, 0.25) is 5.02 Å². The Morgan fingerprint density at radius 2 is 1.93 bits per heavy atom. The number of halogens is 5. The average molecular weight is 435 g/mol. The van der Waals surface area contributed by atoms with E-state index in [1.807, 2.05) is 5.38 Å². The second kappa shape index (κ2) is 7.44. The van der Waals surface area contributed by atoms with Crippen molar-refractivity contribution in [3.05, 3.63) is 78.0 Å². The molecule has 0 fully saturated rings. The lowest BCUT2D eigenvalue weighted by Gasteiger charge is -2.15. The molecule has 5 nitrogen and oxygen atoms in total. The van der Waals surface area contributed by atoms with E-state index in [0.717, 1.165) is 24.1 Å². The van der Waals surface area contributed by atoms with Gasteiger partial charge in [-0.3, -0.25) is 9.36 Å². The van der Waals surface area contributed by atoms with E-state index in [4.69, 9.17) is 16.3 Å². The first kappa shape index (κ1) is 20.2. The lowest BCUT2D eigenvalue weighted by molar-refractivity contribution is -0.144. The molecule has 0 unspecified atom stereocenters. The van der Waals surface area contributed by atoms with Gasteiger partial charge in [0.25, 0.3) is 5.56 Å². The molecule has 0 aliphatic heterocycles. The molecular formula is C17H11ClF4N2O3S. The van der Waals surface area contributed by atoms with Gasteiger partial charge >= 0.3 is 11.9 Å². The van der Waals surface area contributed by atoms with Crippen molar-refractivity contribution in [2.75, 3.05) is 0 Å². The highest BCUT2D eigenvalue weighted by Crippen LogP contribution is 2.31. The second-order valence-electron chi connectivity index (χ2n) is 5.64. The summed E-state index contributed by atoms with van der Waals surface area (Å²) in [6.07, 6.45) is -4.92. The molecule has 2 aromatic heterocycles. The molecule has 0 spiro atoms. The summed E-state index contributed by atoms with van der Waals surface area (Å²) in [6, 6.07) is 5.64. The Bertz CT molecular complexity index is 1140. The van der Waals surface area contributed by atoms with Crippen LogP contribution in [0.1, 0.15) is 10.6 Å². The second-order valence-corrected chi connectivity index (χ2v) is 7.08. The summed E-state index contributed by atoms with van der Waals surface area (Å²) >= 11 is 7.35. The fourth-order valence-corrected chi connectivity index (χ4v) is 3.28. The molecule has 3 aromatic rings. The summed E-state index contributed by atoms with van der Waals surface area (Å²) in [5, 5.41) is 1.71. The number of benzene rings is 1. The van der Waals surface area contributed by atoms with Gasteiger partial charge in [0, 0.05) is 24.1 Å². The number of thiophene rings is 1. The molecule has 2 heterocycles. The van der Waals surface area contributed by atoms with E-state index < -0.39 is 34.6 Å². The Morgan fingerprint density at radius 3 is 2.54 bits per heavy atom. The Hall–Kier alpha value is -2.59. The molecule has 0 bridgehead atoms. The van der Waals surface area contributed by atoms with Crippen molar-refractivity contribution in [2.45, 2.75) is 12.8 Å². The number of hydrogen-bond acceptors (Lipinski definition) is 4. The Labute approximate surface area is 164 Å². The van der Waals surface area contributed by atoms with E-state index in [9.17, 15) is 27.2 Å². The van der Waals surface area contributed by atoms with Crippen molar-refractivity contribution in [3.8, 4) is 11.4 Å². The maximum atomic E-state index is 14.4. The van der Waals surface area contributed by atoms with Gasteiger partial charge in [0.15, 0.2) is 0 Å². The van der Waals surface area contributed by atoms with E-state index in [0.29, 0.717) is 4.57 Å². The van der Waals surface area contributed by atoms with Crippen molar-refractivity contribution in [1.82, 2.24) is 9.13 Å². The van der Waals surface area contributed by atoms with Crippen LogP contribution in [-0.2, 0) is 19.8 Å². The van der Waals surface area contributed by atoms with Gasteiger partial charge < -0.3 is 4.74 Å². The minimum Gasteiger partial charge on any atom is -0.486 e. The monoisotopic (exact) mass is 434 g/mol. The number of ether oxygens (including phenoxy) is 1. The summed E-state index contributed by atoms with van der Waals surface area (Å²) in [5.41, 5.74) is -4.70. The number of nitrogens with zero attached hydrogens (tertiary/aromatic N) is 2. The van der Waals surface area contributed by atoms with Crippen LogP contribution in [0.25, 0.3) is 5.69 Å². The SMILES string of the molecule is Cn1c(C(F)(F)F)cc(=O)n(-c2cc(OCc3cccs3)c(Cl)cc2F)c1=O. The van der Waals surface area contributed by atoms with Crippen LogP contribution in [-0.4, -0.2) is 9.13 Å². The quantitative estimate of drug-likeness (QED) is 0.583. The molecule has 11 heteroatoms. The van der Waals surface area contributed by atoms with Crippen LogP contribution < -0.4 is 16.0 Å². The smallest absolute Gasteiger partial charge is 0.431 e. The molecule has 148 valence electrons. The zero-order chi connectivity index (χ0) is 20.6. The third-order valence-corrected chi connectivity index (χ3v) is 4.95. The number of alkyl halides is 3. The van der Waals surface area contributed by atoms with E-state index in [2.05, 4.69) is 0 Å². The number of aromatic nitrogens is 2. The van der Waals surface area contributed by atoms with Crippen LogP contribution in [0.5, 0.6) is 5.75 Å². The molecule has 1 aromatic carbocycles. The molecule has 0 atom stereocenters. The highest BCUT2D eigenvalue weighted by atomic mass is 35.5. The zero-order valence-corrected chi connectivity index (χ0v) is 15.7. The molecule has 0 amide bonds. The van der Waals surface area contributed by atoms with Crippen LogP contribution in [0.15, 0.2) is 45.3 Å². The van der Waals surface area contributed by atoms with Crippen molar-refractivity contribution in [1.29, 1.82) is 0 Å². The minimum absolute atomic E-state index is 0.0275. The summed E-state index contributed by atoms with van der Waals surface area (Å²) in [4.78, 5) is 25.3. The predicted molar refractivity (Wildman–Crippen MR) is 95.9 cm³/mol. The number of hydrogen-bond donors (Lipinski definition) is 0. The molecule has 3 rings (SSSR count). The molecule has 0 N–H and O–H groups in total. The maximum Gasteiger partial charge on any atom is 0.431 e. The van der Waals surface area contributed by atoms with E-state index in [-0.39, 0.29) is 28.0 Å². The summed E-state index contributed by atoms with van der Waals surface area (Å²) in [6.45, 7) is 0.0996. The van der Waals surface area contributed by atoms with Gasteiger partial charge in [0.1, 0.15) is 23.9 Å². The van der Waals surface area contributed by atoms with Gasteiger partial charge in [0.2, 0.25) is 0 Å². The van der Waals surface area contributed by atoms with Gasteiger partial charge in [-0.2, -0.15) is 13.2 Å². The van der Waals surface area contributed by atoms with Gasteiger partial charge in [-0.1, -0.05) is 17.7 Å². The topological polar surface area (TPSA) is 53.2 Å². The van der Waals surface area contributed by atoms with Crippen LogP contribution >= 0.6 is 22.9 Å². The Balaban J connectivity index is 2.11. The van der Waals surface area contributed by atoms with Crippen molar-refractivity contribution >= 4 is 22.9 Å². The fraction of sp³-hybridized carbons (Fsp3) is 0.176. The molecule has 0 aliphatic carbocycles. The van der Waals surface area contributed by atoms with Crippen LogP contribution in [0.3, 0.4) is 0 Å². The first-order chi connectivity index (χ1) is 13.1. The minimum atomic E-state index is -4.92. The van der Waals surface area contributed by atoms with Crippen molar-refractivity contribution in [2.24, 2.45) is 7.05 Å². The Morgan fingerprint density at radius 1 is 1.21 bits per heavy atom. The largest absolute Gasteiger partial charge is 0.486 e. The number of rotatable bonds is 4. The molecule has 0 saturated carbocycles. The maximum absolute atomic E-state index is 14.4. The fourth-order valence-electron chi connectivity index (χ4n) is 2.46. The third kappa shape index (κ3) is 3.83. The Kier molecular flexibility index (Phi) is 5.35. The molecule has 0 radical (unpaired) electrons. The van der Waals surface area contributed by atoms with Gasteiger partial charge in [0.05, 0.1) is 10.7 Å². The summed E-state index contributed by atoms with van der Waals surface area (Å²) in [7, 11) is 0.836. The lowest BCUT2D eigenvalue weighted by Crippen LogP contribution is -2.41. The van der Waals surface area contributed by atoms with E-state index >= 15 is 0 Å². The highest BCUT2D eigenvalue weighted by molar-refractivity contribution is 7.09. The van der Waals surface area contributed by atoms with Gasteiger partial charge in [-0.15, -0.1) is 11.3 Å². The molecule has 28 heavy (non-hydrogen) atoms. The highest BCUT2D eigenvalue weighted by Gasteiger charge is 2.35. The molecular weight excluding hydrogens is 424 g/mol. The summed E-state index contributed by atoms with van der Waals surface area (Å²) < 4.78 is 59.3. The van der Waals surface area contributed by atoms with E-state index in [1.165, 1.54) is 11.3 Å². The standard InChI is InChI=1S/C17H11ClF4N2O3S/c1-23-14(17(20,21)22)7-15(25)24(16(23)26)12-6-13(10(18)5-11(12)19)27-8-9-3-2-4-28-9/h2-7H,8H2,1H3. The first-order valence-electron chi connectivity index (χ1n) is 7.64. The third-order valence-electron chi connectivity index (χ3n) is 3.80. The van der Waals surface area contributed by atoms with Gasteiger partial charge in [-0.25, -0.2) is 13.8 Å². The molecule has 0 saturated heterocycles. The van der Waals surface area contributed by atoms with Gasteiger partial charge in [-0.05, 0) is 17.5 Å². The van der Waals surface area contributed by atoms with Crippen LogP contribution in [0, 0.1) is 5.82 Å². The van der Waals surface area contributed by atoms with Crippen LogP contribution in [0.4, 0.5) is 17.6 Å². The van der Waals surface area contributed by atoms with Crippen molar-refractivity contribution < 1.29 is 22.3 Å². The zero-order valence-electron chi connectivity index (χ0n) is 14.1.